The molecule has 0 radical (unpaired) electrons. The SMILES string of the molecule is Cc1ccc(NC(=O)COC(=O)c2ccccc2OCc2ccccc2)cc1. The molecule has 1 amide bonds. The standard InChI is InChI=1S/C23H21NO4/c1-17-11-13-19(14-12-17)24-22(25)16-28-23(26)20-9-5-6-10-21(20)27-15-18-7-3-2-4-8-18/h2-14H,15-16H2,1H3,(H,24,25). The molecule has 0 aliphatic heterocycles. The summed E-state index contributed by atoms with van der Waals surface area (Å²) in [4.78, 5) is 24.4. The van der Waals surface area contributed by atoms with E-state index in [1.165, 1.54) is 0 Å². The van der Waals surface area contributed by atoms with Crippen LogP contribution in [0.25, 0.3) is 0 Å². The third-order valence-corrected chi connectivity index (χ3v) is 4.01. The maximum absolute atomic E-state index is 12.4. The van der Waals surface area contributed by atoms with Gasteiger partial charge in [0.25, 0.3) is 5.91 Å². The highest BCUT2D eigenvalue weighted by Gasteiger charge is 2.15. The molecule has 3 aromatic carbocycles. The molecule has 28 heavy (non-hydrogen) atoms. The van der Waals surface area contributed by atoms with E-state index in [4.69, 9.17) is 9.47 Å². The van der Waals surface area contributed by atoms with Crippen molar-refractivity contribution < 1.29 is 19.1 Å². The van der Waals surface area contributed by atoms with Crippen molar-refractivity contribution in [3.63, 3.8) is 0 Å². The van der Waals surface area contributed by atoms with Crippen LogP contribution in [0.1, 0.15) is 21.5 Å². The van der Waals surface area contributed by atoms with Crippen LogP contribution in [0, 0.1) is 6.92 Å². The normalized spacial score (nSPS) is 10.2. The fourth-order valence-corrected chi connectivity index (χ4v) is 2.54. The molecule has 3 rings (SSSR count). The van der Waals surface area contributed by atoms with E-state index in [0.717, 1.165) is 11.1 Å². The second-order valence-electron chi connectivity index (χ2n) is 6.26. The average molecular weight is 375 g/mol. The lowest BCUT2D eigenvalue weighted by Gasteiger charge is -2.11. The third-order valence-electron chi connectivity index (χ3n) is 4.01. The van der Waals surface area contributed by atoms with Gasteiger partial charge in [0.2, 0.25) is 0 Å². The summed E-state index contributed by atoms with van der Waals surface area (Å²) in [5.74, 6) is -0.599. The van der Waals surface area contributed by atoms with Gasteiger partial charge in [0, 0.05) is 5.69 Å². The van der Waals surface area contributed by atoms with Crippen LogP contribution in [-0.4, -0.2) is 18.5 Å². The first-order valence-electron chi connectivity index (χ1n) is 8.91. The number of benzene rings is 3. The fourth-order valence-electron chi connectivity index (χ4n) is 2.54. The Hall–Kier alpha value is -3.60. The molecule has 0 saturated heterocycles. The van der Waals surface area contributed by atoms with E-state index in [-0.39, 0.29) is 12.2 Å². The summed E-state index contributed by atoms with van der Waals surface area (Å²) in [7, 11) is 0. The molecule has 5 nitrogen and oxygen atoms in total. The Labute approximate surface area is 163 Å². The molecule has 1 N–H and O–H groups in total. The second-order valence-corrected chi connectivity index (χ2v) is 6.26. The number of hydrogen-bond acceptors (Lipinski definition) is 4. The van der Waals surface area contributed by atoms with E-state index in [0.29, 0.717) is 18.0 Å². The largest absolute Gasteiger partial charge is 0.488 e. The molecular formula is C23H21NO4. The van der Waals surface area contributed by atoms with Crippen molar-refractivity contribution in [1.29, 1.82) is 0 Å². The van der Waals surface area contributed by atoms with Crippen LogP contribution in [0.4, 0.5) is 5.69 Å². The van der Waals surface area contributed by atoms with Crippen molar-refractivity contribution in [2.75, 3.05) is 11.9 Å². The highest BCUT2D eigenvalue weighted by atomic mass is 16.5. The zero-order chi connectivity index (χ0) is 19.8. The van der Waals surface area contributed by atoms with E-state index >= 15 is 0 Å². The molecule has 0 heterocycles. The molecular weight excluding hydrogens is 354 g/mol. The summed E-state index contributed by atoms with van der Waals surface area (Å²) in [6.07, 6.45) is 0. The average Bonchev–Trinajstić information content (AvgIpc) is 2.73. The number of ether oxygens (including phenoxy) is 2. The zero-order valence-corrected chi connectivity index (χ0v) is 15.6. The fraction of sp³-hybridized carbons (Fsp3) is 0.130. The van der Waals surface area contributed by atoms with Gasteiger partial charge >= 0.3 is 5.97 Å². The molecule has 0 aromatic heterocycles. The van der Waals surface area contributed by atoms with Gasteiger partial charge in [0.1, 0.15) is 17.9 Å². The van der Waals surface area contributed by atoms with Gasteiger partial charge in [-0.1, -0.05) is 60.2 Å². The monoisotopic (exact) mass is 375 g/mol. The van der Waals surface area contributed by atoms with Gasteiger partial charge < -0.3 is 14.8 Å². The lowest BCUT2D eigenvalue weighted by molar-refractivity contribution is -0.119. The Morgan fingerprint density at radius 1 is 0.857 bits per heavy atom. The van der Waals surface area contributed by atoms with Crippen LogP contribution >= 0.6 is 0 Å². The predicted molar refractivity (Wildman–Crippen MR) is 107 cm³/mol. The van der Waals surface area contributed by atoms with Gasteiger partial charge in [-0.3, -0.25) is 4.79 Å². The topological polar surface area (TPSA) is 64.6 Å². The Balaban J connectivity index is 1.56. The smallest absolute Gasteiger partial charge is 0.342 e. The maximum atomic E-state index is 12.4. The van der Waals surface area contributed by atoms with Crippen LogP contribution in [-0.2, 0) is 16.1 Å². The molecule has 0 saturated carbocycles. The van der Waals surface area contributed by atoms with E-state index in [1.54, 1.807) is 36.4 Å². The van der Waals surface area contributed by atoms with Crippen molar-refractivity contribution in [3.8, 4) is 5.75 Å². The Bertz CT molecular complexity index is 936. The van der Waals surface area contributed by atoms with Crippen molar-refractivity contribution in [2.45, 2.75) is 13.5 Å². The summed E-state index contributed by atoms with van der Waals surface area (Å²) < 4.78 is 10.9. The molecule has 0 spiro atoms. The molecule has 0 atom stereocenters. The second kappa shape index (κ2) is 9.37. The summed E-state index contributed by atoms with van der Waals surface area (Å²) >= 11 is 0. The van der Waals surface area contributed by atoms with Crippen LogP contribution in [0.15, 0.2) is 78.9 Å². The van der Waals surface area contributed by atoms with E-state index in [9.17, 15) is 9.59 Å². The number of aryl methyl sites for hydroxylation is 1. The van der Waals surface area contributed by atoms with Crippen molar-refractivity contribution in [2.24, 2.45) is 0 Å². The summed E-state index contributed by atoms with van der Waals surface area (Å²) in [6.45, 7) is 1.92. The highest BCUT2D eigenvalue weighted by Crippen LogP contribution is 2.20. The number of hydrogen-bond donors (Lipinski definition) is 1. The van der Waals surface area contributed by atoms with Gasteiger partial charge in [-0.2, -0.15) is 0 Å². The lowest BCUT2D eigenvalue weighted by atomic mass is 10.2. The minimum Gasteiger partial charge on any atom is -0.488 e. The van der Waals surface area contributed by atoms with Crippen LogP contribution < -0.4 is 10.1 Å². The van der Waals surface area contributed by atoms with Crippen LogP contribution in [0.3, 0.4) is 0 Å². The molecule has 0 aliphatic rings. The Morgan fingerprint density at radius 2 is 1.54 bits per heavy atom. The molecule has 3 aromatic rings. The number of rotatable bonds is 7. The summed E-state index contributed by atoms with van der Waals surface area (Å²) in [5, 5.41) is 2.69. The summed E-state index contributed by atoms with van der Waals surface area (Å²) in [5.41, 5.74) is 3.01. The molecule has 0 aliphatic carbocycles. The minimum atomic E-state index is -0.609. The van der Waals surface area contributed by atoms with Crippen molar-refractivity contribution >= 4 is 17.6 Å². The van der Waals surface area contributed by atoms with E-state index in [1.807, 2.05) is 49.4 Å². The van der Waals surface area contributed by atoms with Gasteiger partial charge in [-0.25, -0.2) is 4.79 Å². The third kappa shape index (κ3) is 5.45. The van der Waals surface area contributed by atoms with Crippen molar-refractivity contribution in [1.82, 2.24) is 0 Å². The maximum Gasteiger partial charge on any atom is 0.342 e. The number of carbonyl (C=O) groups is 2. The predicted octanol–water partition coefficient (Wildman–Crippen LogP) is 4.37. The van der Waals surface area contributed by atoms with Gasteiger partial charge in [-0.05, 0) is 36.8 Å². The van der Waals surface area contributed by atoms with Gasteiger partial charge in [0.15, 0.2) is 6.61 Å². The number of para-hydroxylation sites is 1. The first-order chi connectivity index (χ1) is 13.6. The number of amides is 1. The Morgan fingerprint density at radius 3 is 2.29 bits per heavy atom. The molecule has 0 bridgehead atoms. The van der Waals surface area contributed by atoms with Gasteiger partial charge in [0.05, 0.1) is 0 Å². The minimum absolute atomic E-state index is 0.279. The van der Waals surface area contributed by atoms with Gasteiger partial charge in [-0.15, -0.1) is 0 Å². The molecule has 142 valence electrons. The van der Waals surface area contributed by atoms with Crippen LogP contribution in [0.2, 0.25) is 0 Å². The van der Waals surface area contributed by atoms with Crippen molar-refractivity contribution in [3.05, 3.63) is 95.6 Å². The number of carbonyl (C=O) groups excluding carboxylic acids is 2. The zero-order valence-electron chi connectivity index (χ0n) is 15.6. The number of nitrogens with one attached hydrogen (secondary N) is 1. The van der Waals surface area contributed by atoms with E-state index in [2.05, 4.69) is 5.32 Å². The number of esters is 1. The molecule has 0 unspecified atom stereocenters. The van der Waals surface area contributed by atoms with Crippen LogP contribution in [0.5, 0.6) is 5.75 Å². The molecule has 5 heteroatoms. The number of anilines is 1. The Kier molecular flexibility index (Phi) is 6.41. The molecule has 0 fully saturated rings. The van der Waals surface area contributed by atoms with E-state index < -0.39 is 11.9 Å². The quantitative estimate of drug-likeness (QED) is 0.623. The summed E-state index contributed by atoms with van der Waals surface area (Å²) in [6, 6.07) is 23.8. The highest BCUT2D eigenvalue weighted by molar-refractivity contribution is 5.96. The first-order valence-corrected chi connectivity index (χ1v) is 8.91. The lowest BCUT2D eigenvalue weighted by Crippen LogP contribution is -2.21. The first kappa shape index (κ1) is 19.2.